The molecule has 0 saturated heterocycles. The van der Waals surface area contributed by atoms with E-state index in [1.54, 1.807) is 12.1 Å². The van der Waals surface area contributed by atoms with Gasteiger partial charge in [0.2, 0.25) is 0 Å². The van der Waals surface area contributed by atoms with E-state index in [4.69, 9.17) is 11.5 Å². The molecule has 58 heavy (non-hydrogen) atoms. The molecule has 24 heteroatoms. The van der Waals surface area contributed by atoms with Crippen LogP contribution in [0.5, 0.6) is 11.5 Å². The van der Waals surface area contributed by atoms with Gasteiger partial charge in [0.25, 0.3) is 30.4 Å². The van der Waals surface area contributed by atoms with Gasteiger partial charge in [0.1, 0.15) is 37.5 Å². The molecule has 0 aromatic heterocycles. The van der Waals surface area contributed by atoms with E-state index >= 15 is 0 Å². The van der Waals surface area contributed by atoms with Gasteiger partial charge in [0.05, 0.1) is 39.5 Å². The van der Waals surface area contributed by atoms with Crippen molar-refractivity contribution < 1.29 is 49.1 Å². The van der Waals surface area contributed by atoms with Gasteiger partial charge in [0.15, 0.2) is 5.75 Å². The number of thiol groups is 1. The van der Waals surface area contributed by atoms with E-state index in [0.717, 1.165) is 12.1 Å². The quantitative estimate of drug-likeness (QED) is 0.0255. The number of phenols is 2. The summed E-state index contributed by atoms with van der Waals surface area (Å²) in [5.74, 6) is -1.03. The standard InChI is InChI=1S/C34H27N9O11S4/c35-24-16-22(44)8-12-25(24)41-38-19-3-1-18(2-4-19)37-26-11-7-21(15-27(26)56(46,47)48)40-42-32-28(57(49,50)51)13-17-14-29(58(52,53)54)33(34(45)30(17)31(32)36)43-39-20-5-9-23(55)10-6-20/h1-16,37,44-45,55H,35-36H2,(H,46,47,48)(H,49,50,51)(H,52,53,54). The molecule has 0 heterocycles. The Labute approximate surface area is 334 Å². The molecule has 0 unspecified atom stereocenters. The molecular formula is C34H27N9O11S4. The highest BCUT2D eigenvalue weighted by Gasteiger charge is 2.28. The number of anilines is 4. The van der Waals surface area contributed by atoms with E-state index in [2.05, 4.69) is 48.6 Å². The zero-order chi connectivity index (χ0) is 42.2. The summed E-state index contributed by atoms with van der Waals surface area (Å²) in [6.07, 6.45) is 0. The minimum absolute atomic E-state index is 0.0399. The Morgan fingerprint density at radius 3 is 1.66 bits per heavy atom. The molecule has 0 radical (unpaired) electrons. The first-order chi connectivity index (χ1) is 27.2. The molecule has 0 saturated carbocycles. The maximum absolute atomic E-state index is 12.5. The van der Waals surface area contributed by atoms with Gasteiger partial charge >= 0.3 is 0 Å². The van der Waals surface area contributed by atoms with Crippen LogP contribution in [0.1, 0.15) is 0 Å². The average Bonchev–Trinajstić information content (AvgIpc) is 3.14. The van der Waals surface area contributed by atoms with E-state index in [9.17, 15) is 49.1 Å². The SMILES string of the molecule is Nc1cc(O)ccc1N=Nc1ccc(Nc2ccc(N=Nc3c(S(=O)(=O)O)cc4cc(S(=O)(=O)O)c(N=Nc5ccc(S)cc5)c(O)c4c3N)cc2S(=O)(=O)O)cc1. The highest BCUT2D eigenvalue weighted by Crippen LogP contribution is 2.48. The number of hydrogen-bond acceptors (Lipinski definition) is 18. The minimum atomic E-state index is -5.22. The molecule has 298 valence electrons. The maximum atomic E-state index is 12.5. The predicted octanol–water partition coefficient (Wildman–Crippen LogP) is 8.43. The smallest absolute Gasteiger partial charge is 0.296 e. The Morgan fingerprint density at radius 1 is 0.552 bits per heavy atom. The molecule has 0 aliphatic heterocycles. The number of azo groups is 3. The summed E-state index contributed by atoms with van der Waals surface area (Å²) in [6.45, 7) is 0. The molecule has 10 N–H and O–H groups in total. The van der Waals surface area contributed by atoms with Crippen molar-refractivity contribution in [3.63, 3.8) is 0 Å². The van der Waals surface area contributed by atoms with Gasteiger partial charge in [-0.25, -0.2) is 0 Å². The Kier molecular flexibility index (Phi) is 11.2. The van der Waals surface area contributed by atoms with E-state index in [1.165, 1.54) is 66.7 Å². The second-order valence-corrected chi connectivity index (χ2v) is 16.6. The van der Waals surface area contributed by atoms with Crippen molar-refractivity contribution in [1.82, 2.24) is 0 Å². The Morgan fingerprint density at radius 2 is 1.07 bits per heavy atom. The first kappa shape index (κ1) is 41.1. The van der Waals surface area contributed by atoms with Gasteiger partial charge in [-0.2, -0.15) is 40.6 Å². The number of aromatic hydroxyl groups is 2. The lowest BCUT2D eigenvalue weighted by Gasteiger charge is -2.14. The van der Waals surface area contributed by atoms with Crippen LogP contribution in [-0.2, 0) is 30.4 Å². The van der Waals surface area contributed by atoms with E-state index in [0.29, 0.717) is 28.0 Å². The van der Waals surface area contributed by atoms with Crippen LogP contribution in [0.15, 0.2) is 147 Å². The summed E-state index contributed by atoms with van der Waals surface area (Å²) < 4.78 is 105. The Bertz CT molecular complexity index is 3050. The number of nitrogen functional groups attached to an aromatic ring is 2. The summed E-state index contributed by atoms with van der Waals surface area (Å²) >= 11 is 4.16. The monoisotopic (exact) mass is 865 g/mol. The topological polar surface area (TPSA) is 342 Å². The maximum Gasteiger partial charge on any atom is 0.296 e. The van der Waals surface area contributed by atoms with Crippen LogP contribution in [0.4, 0.5) is 56.9 Å². The number of phenolic OH excluding ortho intramolecular Hbond substituents is 2. The molecule has 0 spiro atoms. The largest absolute Gasteiger partial charge is 0.508 e. The summed E-state index contributed by atoms with van der Waals surface area (Å²) in [5, 5.41) is 46.2. The second-order valence-electron chi connectivity index (χ2n) is 11.9. The molecule has 6 aromatic carbocycles. The fraction of sp³-hybridized carbons (Fsp3) is 0. The molecule has 0 bridgehead atoms. The number of nitrogens with two attached hydrogens (primary N) is 2. The molecular weight excluding hydrogens is 839 g/mol. The van der Waals surface area contributed by atoms with Gasteiger partial charge in [-0.05, 0) is 96.4 Å². The summed E-state index contributed by atoms with van der Waals surface area (Å²) in [4.78, 5) is -2.14. The molecule has 6 aromatic rings. The van der Waals surface area contributed by atoms with Crippen LogP contribution in [0.25, 0.3) is 10.8 Å². The number of hydrogen-bond donors (Lipinski definition) is 9. The van der Waals surface area contributed by atoms with Crippen molar-refractivity contribution in [2.24, 2.45) is 30.7 Å². The second kappa shape index (κ2) is 15.8. The highest BCUT2D eigenvalue weighted by molar-refractivity contribution is 7.86. The summed E-state index contributed by atoms with van der Waals surface area (Å²) in [7, 11) is -15.3. The van der Waals surface area contributed by atoms with Gasteiger partial charge in [-0.3, -0.25) is 13.7 Å². The predicted molar refractivity (Wildman–Crippen MR) is 214 cm³/mol. The Balaban J connectivity index is 1.37. The Hall–Kier alpha value is -6.54. The third-order valence-electron chi connectivity index (χ3n) is 7.92. The van der Waals surface area contributed by atoms with E-state index in [-0.39, 0.29) is 28.5 Å². The van der Waals surface area contributed by atoms with Crippen LogP contribution in [0, 0.1) is 0 Å². The molecule has 0 amide bonds. The number of rotatable bonds is 11. The lowest BCUT2D eigenvalue weighted by atomic mass is 10.1. The first-order valence-electron chi connectivity index (χ1n) is 15.9. The van der Waals surface area contributed by atoms with Crippen LogP contribution in [0.3, 0.4) is 0 Å². The third-order valence-corrected chi connectivity index (χ3v) is 10.9. The molecule has 0 aliphatic carbocycles. The van der Waals surface area contributed by atoms with Crippen molar-refractivity contribution in [1.29, 1.82) is 0 Å². The van der Waals surface area contributed by atoms with Crippen LogP contribution in [0.2, 0.25) is 0 Å². The van der Waals surface area contributed by atoms with Crippen molar-refractivity contribution in [3.8, 4) is 11.5 Å². The molecule has 0 fully saturated rings. The van der Waals surface area contributed by atoms with Gasteiger partial charge in [-0.15, -0.1) is 28.0 Å². The lowest BCUT2D eigenvalue weighted by Crippen LogP contribution is -2.04. The van der Waals surface area contributed by atoms with Crippen molar-refractivity contribution in [2.45, 2.75) is 19.6 Å². The number of nitrogens with one attached hydrogen (secondary N) is 1. The first-order valence-corrected chi connectivity index (χ1v) is 20.6. The highest BCUT2D eigenvalue weighted by atomic mass is 32.2. The van der Waals surface area contributed by atoms with Crippen LogP contribution in [-0.4, -0.2) is 49.1 Å². The van der Waals surface area contributed by atoms with E-state index < -0.39 is 78.6 Å². The molecule has 20 nitrogen and oxygen atoms in total. The number of benzene rings is 6. The minimum Gasteiger partial charge on any atom is -0.508 e. The number of fused-ring (bicyclic) bond motifs is 1. The average molecular weight is 866 g/mol. The fourth-order valence-electron chi connectivity index (χ4n) is 5.24. The number of nitrogens with zero attached hydrogens (tertiary/aromatic N) is 6. The van der Waals surface area contributed by atoms with Crippen molar-refractivity contribution >= 4 is 111 Å². The van der Waals surface area contributed by atoms with E-state index in [1.807, 2.05) is 0 Å². The molecule has 6 rings (SSSR count). The normalized spacial score (nSPS) is 12.6. The van der Waals surface area contributed by atoms with Gasteiger partial charge in [-0.1, -0.05) is 0 Å². The van der Waals surface area contributed by atoms with Gasteiger partial charge in [0, 0.05) is 16.6 Å². The lowest BCUT2D eigenvalue weighted by molar-refractivity contribution is 0.472. The zero-order valence-corrected chi connectivity index (χ0v) is 32.3. The molecule has 0 atom stereocenters. The van der Waals surface area contributed by atoms with Crippen molar-refractivity contribution in [2.75, 3.05) is 16.8 Å². The van der Waals surface area contributed by atoms with Gasteiger partial charge < -0.3 is 27.0 Å². The zero-order valence-electron chi connectivity index (χ0n) is 28.9. The van der Waals surface area contributed by atoms with Crippen LogP contribution >= 0.6 is 12.6 Å². The van der Waals surface area contributed by atoms with Crippen LogP contribution < -0.4 is 16.8 Å². The third kappa shape index (κ3) is 9.18. The molecule has 0 aliphatic rings. The summed E-state index contributed by atoms with van der Waals surface area (Å²) in [6, 6.07) is 21.0. The summed E-state index contributed by atoms with van der Waals surface area (Å²) in [5.41, 5.74) is 10.8. The fourth-order valence-corrected chi connectivity index (χ4v) is 7.38. The van der Waals surface area contributed by atoms with Crippen molar-refractivity contribution in [3.05, 3.63) is 97.1 Å².